The van der Waals surface area contributed by atoms with Crippen LogP contribution in [0.4, 0.5) is 11.4 Å². The van der Waals surface area contributed by atoms with Gasteiger partial charge < -0.3 is 15.4 Å². The van der Waals surface area contributed by atoms with Crippen LogP contribution < -0.4 is 15.4 Å². The Balaban J connectivity index is 2.07. The van der Waals surface area contributed by atoms with E-state index in [4.69, 9.17) is 4.74 Å². The predicted molar refractivity (Wildman–Crippen MR) is 91.4 cm³/mol. The van der Waals surface area contributed by atoms with Gasteiger partial charge in [-0.2, -0.15) is 0 Å². The van der Waals surface area contributed by atoms with E-state index in [0.717, 1.165) is 5.56 Å². The summed E-state index contributed by atoms with van der Waals surface area (Å²) in [5.74, 6) is -1.11. The average molecular weight is 326 g/mol. The Morgan fingerprint density at radius 2 is 1.71 bits per heavy atom. The molecule has 0 aliphatic heterocycles. The largest absolute Gasteiger partial charge is 0.492 e. The average Bonchev–Trinajstić information content (AvgIpc) is 2.58. The Bertz CT molecular complexity index is 754. The van der Waals surface area contributed by atoms with E-state index in [2.05, 4.69) is 10.6 Å². The fraction of sp³-hybridized carbons (Fsp3) is 0.167. The highest BCUT2D eigenvalue weighted by Gasteiger charge is 2.16. The van der Waals surface area contributed by atoms with Gasteiger partial charge in [-0.15, -0.1) is 0 Å². The highest BCUT2D eigenvalue weighted by atomic mass is 16.5. The van der Waals surface area contributed by atoms with Gasteiger partial charge in [0.15, 0.2) is 0 Å². The topological polar surface area (TPSA) is 84.5 Å². The maximum absolute atomic E-state index is 12.1. The van der Waals surface area contributed by atoms with Crippen molar-refractivity contribution in [3.8, 4) is 5.75 Å². The zero-order valence-electron chi connectivity index (χ0n) is 13.5. The molecule has 0 unspecified atom stereocenters. The lowest BCUT2D eigenvalue weighted by Gasteiger charge is -2.12. The maximum atomic E-state index is 12.1. The van der Waals surface area contributed by atoms with E-state index in [1.54, 1.807) is 36.4 Å². The zero-order chi connectivity index (χ0) is 17.5. The van der Waals surface area contributed by atoms with Crippen molar-refractivity contribution in [1.82, 2.24) is 0 Å². The number of aryl methyl sites for hydroxylation is 1. The first-order chi connectivity index (χ1) is 11.5. The summed E-state index contributed by atoms with van der Waals surface area (Å²) in [5.41, 5.74) is 2.28. The molecule has 6 heteroatoms. The van der Waals surface area contributed by atoms with Gasteiger partial charge in [0.2, 0.25) is 0 Å². The minimum Gasteiger partial charge on any atom is -0.492 e. The van der Waals surface area contributed by atoms with Crippen LogP contribution in [-0.4, -0.2) is 24.7 Å². The molecule has 2 aromatic carbocycles. The summed E-state index contributed by atoms with van der Waals surface area (Å²) in [5, 5.41) is 5.02. The number of hydrogen-bond donors (Lipinski definition) is 2. The van der Waals surface area contributed by atoms with E-state index >= 15 is 0 Å². The smallest absolute Gasteiger partial charge is 0.314 e. The molecule has 0 spiro atoms. The first-order valence-electron chi connectivity index (χ1n) is 7.44. The van der Waals surface area contributed by atoms with Crippen molar-refractivity contribution in [1.29, 1.82) is 0 Å². The molecule has 0 radical (unpaired) electrons. The normalized spacial score (nSPS) is 9.92. The minimum atomic E-state index is -0.808. The Hall–Kier alpha value is -3.15. The highest BCUT2D eigenvalue weighted by Crippen LogP contribution is 2.25. The molecule has 0 saturated carbocycles. The quantitative estimate of drug-likeness (QED) is 0.653. The Kier molecular flexibility index (Phi) is 5.68. The van der Waals surface area contributed by atoms with Gasteiger partial charge in [-0.05, 0) is 55.8 Å². The van der Waals surface area contributed by atoms with Gasteiger partial charge in [0, 0.05) is 11.3 Å². The van der Waals surface area contributed by atoms with Crippen LogP contribution >= 0.6 is 0 Å². The summed E-state index contributed by atoms with van der Waals surface area (Å²) in [6.45, 7) is 4.16. The number of ether oxygens (including phenoxy) is 1. The van der Waals surface area contributed by atoms with Crippen molar-refractivity contribution in [2.45, 2.75) is 13.8 Å². The van der Waals surface area contributed by atoms with Crippen LogP contribution in [0.25, 0.3) is 0 Å². The van der Waals surface area contributed by atoms with E-state index in [1.165, 1.54) is 0 Å². The number of rotatable bonds is 5. The van der Waals surface area contributed by atoms with Gasteiger partial charge in [0.25, 0.3) is 0 Å². The van der Waals surface area contributed by atoms with Crippen molar-refractivity contribution in [3.05, 3.63) is 53.6 Å². The Morgan fingerprint density at radius 1 is 1.04 bits per heavy atom. The van der Waals surface area contributed by atoms with E-state index < -0.39 is 11.8 Å². The number of carbonyl (C=O) groups excluding carboxylic acids is 3. The third kappa shape index (κ3) is 4.42. The number of hydrogen-bond acceptors (Lipinski definition) is 4. The molecule has 124 valence electrons. The van der Waals surface area contributed by atoms with Gasteiger partial charge >= 0.3 is 11.8 Å². The zero-order valence-corrected chi connectivity index (χ0v) is 13.5. The summed E-state index contributed by atoms with van der Waals surface area (Å²) in [6.07, 6.45) is 0.700. The lowest BCUT2D eigenvalue weighted by Crippen LogP contribution is -2.29. The van der Waals surface area contributed by atoms with E-state index in [1.807, 2.05) is 19.9 Å². The van der Waals surface area contributed by atoms with Crippen molar-refractivity contribution in [2.75, 3.05) is 17.2 Å². The second-order valence-electron chi connectivity index (χ2n) is 5.08. The van der Waals surface area contributed by atoms with Crippen LogP contribution in [0.5, 0.6) is 5.75 Å². The van der Waals surface area contributed by atoms with E-state index in [-0.39, 0.29) is 0 Å². The lowest BCUT2D eigenvalue weighted by atomic mass is 10.2. The van der Waals surface area contributed by atoms with Crippen LogP contribution in [0, 0.1) is 6.92 Å². The first kappa shape index (κ1) is 17.2. The summed E-state index contributed by atoms with van der Waals surface area (Å²) < 4.78 is 5.44. The molecule has 0 saturated heterocycles. The molecular weight excluding hydrogens is 308 g/mol. The second kappa shape index (κ2) is 7.92. The third-order valence-electron chi connectivity index (χ3n) is 3.19. The molecule has 0 aliphatic rings. The van der Waals surface area contributed by atoms with Crippen LogP contribution in [-0.2, 0) is 9.59 Å². The third-order valence-corrected chi connectivity index (χ3v) is 3.19. The molecule has 6 nitrogen and oxygen atoms in total. The molecule has 2 N–H and O–H groups in total. The molecule has 2 aromatic rings. The maximum Gasteiger partial charge on any atom is 0.314 e. The van der Waals surface area contributed by atoms with Crippen molar-refractivity contribution >= 4 is 29.5 Å². The van der Waals surface area contributed by atoms with Crippen molar-refractivity contribution in [2.24, 2.45) is 0 Å². The van der Waals surface area contributed by atoms with Crippen LogP contribution in [0.15, 0.2) is 42.5 Å². The van der Waals surface area contributed by atoms with Crippen LogP contribution in [0.1, 0.15) is 22.8 Å². The molecule has 0 fully saturated rings. The molecule has 24 heavy (non-hydrogen) atoms. The summed E-state index contributed by atoms with van der Waals surface area (Å²) >= 11 is 0. The van der Waals surface area contributed by atoms with Gasteiger partial charge in [-0.1, -0.05) is 6.07 Å². The van der Waals surface area contributed by atoms with Crippen molar-refractivity contribution in [3.63, 3.8) is 0 Å². The molecule has 0 atom stereocenters. The number of benzene rings is 2. The molecule has 2 rings (SSSR count). The van der Waals surface area contributed by atoms with Crippen LogP contribution in [0.3, 0.4) is 0 Å². The van der Waals surface area contributed by atoms with E-state index in [0.29, 0.717) is 35.6 Å². The van der Waals surface area contributed by atoms with Gasteiger partial charge in [-0.3, -0.25) is 14.4 Å². The number of aldehydes is 1. The van der Waals surface area contributed by atoms with Gasteiger partial charge in [-0.25, -0.2) is 0 Å². The van der Waals surface area contributed by atoms with Gasteiger partial charge in [0.1, 0.15) is 12.0 Å². The Labute approximate surface area is 139 Å². The molecular formula is C18H18N2O4. The summed E-state index contributed by atoms with van der Waals surface area (Å²) in [6, 6.07) is 11.5. The number of nitrogens with one attached hydrogen (secondary N) is 2. The summed E-state index contributed by atoms with van der Waals surface area (Å²) in [7, 11) is 0. The van der Waals surface area contributed by atoms with Gasteiger partial charge in [0.05, 0.1) is 12.3 Å². The number of anilines is 2. The SMILES string of the molecule is CCOc1ccc(C)cc1NC(=O)C(=O)Nc1ccc(C=O)cc1. The number of amides is 2. The molecule has 0 bridgehead atoms. The monoisotopic (exact) mass is 326 g/mol. The molecule has 0 heterocycles. The standard InChI is InChI=1S/C18H18N2O4/c1-3-24-16-9-4-12(2)10-15(16)20-18(23)17(22)19-14-7-5-13(11-21)6-8-14/h4-11H,3H2,1-2H3,(H,19,22)(H,20,23). The second-order valence-corrected chi connectivity index (χ2v) is 5.08. The first-order valence-corrected chi connectivity index (χ1v) is 7.44. The van der Waals surface area contributed by atoms with E-state index in [9.17, 15) is 14.4 Å². The van der Waals surface area contributed by atoms with Crippen LogP contribution in [0.2, 0.25) is 0 Å². The molecule has 0 aromatic heterocycles. The fourth-order valence-corrected chi connectivity index (χ4v) is 2.03. The summed E-state index contributed by atoms with van der Waals surface area (Å²) in [4.78, 5) is 34.7. The fourth-order valence-electron chi connectivity index (χ4n) is 2.03. The Morgan fingerprint density at radius 3 is 2.33 bits per heavy atom. The lowest BCUT2D eigenvalue weighted by molar-refractivity contribution is -0.133. The highest BCUT2D eigenvalue weighted by molar-refractivity contribution is 6.43. The minimum absolute atomic E-state index is 0.426. The predicted octanol–water partition coefficient (Wildman–Crippen LogP) is 2.78. The molecule has 0 aliphatic carbocycles. The van der Waals surface area contributed by atoms with Crippen molar-refractivity contribution < 1.29 is 19.1 Å². The molecule has 2 amide bonds. The number of carbonyl (C=O) groups is 3.